The number of hydrogen-bond acceptors (Lipinski definition) is 4. The zero-order valence-corrected chi connectivity index (χ0v) is 16.0. The first-order chi connectivity index (χ1) is 14.0. The highest BCUT2D eigenvalue weighted by Gasteiger charge is 2.44. The van der Waals surface area contributed by atoms with Crippen LogP contribution in [0.1, 0.15) is 23.7 Å². The Morgan fingerprint density at radius 1 is 1.21 bits per heavy atom. The van der Waals surface area contributed by atoms with Crippen molar-refractivity contribution in [3.63, 3.8) is 0 Å². The Labute approximate surface area is 168 Å². The van der Waals surface area contributed by atoms with Crippen molar-refractivity contribution in [2.75, 3.05) is 18.1 Å². The van der Waals surface area contributed by atoms with E-state index in [0.717, 1.165) is 4.90 Å². The van der Waals surface area contributed by atoms with Crippen LogP contribution >= 0.6 is 0 Å². The molecule has 0 N–H and O–H groups in total. The molecule has 1 aliphatic heterocycles. The Kier molecular flexibility index (Phi) is 6.07. The van der Waals surface area contributed by atoms with Crippen LogP contribution in [0.25, 0.3) is 0 Å². The number of nitrogens with zero attached hydrogens (tertiary/aromatic N) is 2. The Morgan fingerprint density at radius 3 is 2.45 bits per heavy atom. The third kappa shape index (κ3) is 4.18. The van der Waals surface area contributed by atoms with Crippen molar-refractivity contribution in [1.82, 2.24) is 4.90 Å². The standard InChI is InChI=1S/C22H21FN2O4/c1-3-13-24(21(27)15-5-7-16(23)8-6-15)19-14-20(26)25(22(19)28)17-9-11-18(12-10-17)29-4-2/h3,5-12,19H,1,4,13-14H2,2H3. The summed E-state index contributed by atoms with van der Waals surface area (Å²) < 4.78 is 18.6. The monoisotopic (exact) mass is 396 g/mol. The summed E-state index contributed by atoms with van der Waals surface area (Å²) in [6.07, 6.45) is 1.35. The number of halogens is 1. The summed E-state index contributed by atoms with van der Waals surface area (Å²) in [6.45, 7) is 6.08. The van der Waals surface area contributed by atoms with Gasteiger partial charge < -0.3 is 9.64 Å². The molecule has 0 spiro atoms. The minimum absolute atomic E-state index is 0.0804. The molecule has 0 saturated carbocycles. The van der Waals surface area contributed by atoms with E-state index in [0.29, 0.717) is 18.0 Å². The van der Waals surface area contributed by atoms with Gasteiger partial charge in [0.15, 0.2) is 0 Å². The van der Waals surface area contributed by atoms with Crippen LogP contribution in [0.15, 0.2) is 61.2 Å². The van der Waals surface area contributed by atoms with Gasteiger partial charge in [-0.1, -0.05) is 6.08 Å². The molecule has 1 aliphatic rings. The molecule has 3 amide bonds. The first-order valence-electron chi connectivity index (χ1n) is 9.23. The van der Waals surface area contributed by atoms with Gasteiger partial charge in [-0.15, -0.1) is 6.58 Å². The maximum Gasteiger partial charge on any atom is 0.257 e. The van der Waals surface area contributed by atoms with Crippen LogP contribution in [0.4, 0.5) is 10.1 Å². The Balaban J connectivity index is 1.85. The van der Waals surface area contributed by atoms with E-state index in [1.54, 1.807) is 24.3 Å². The highest BCUT2D eigenvalue weighted by Crippen LogP contribution is 2.28. The molecule has 150 valence electrons. The van der Waals surface area contributed by atoms with Crippen LogP contribution in [-0.4, -0.2) is 41.8 Å². The Morgan fingerprint density at radius 2 is 1.86 bits per heavy atom. The Hall–Kier alpha value is -3.48. The average molecular weight is 396 g/mol. The maximum absolute atomic E-state index is 13.2. The van der Waals surface area contributed by atoms with E-state index in [4.69, 9.17) is 4.74 Å². The summed E-state index contributed by atoms with van der Waals surface area (Å²) >= 11 is 0. The quantitative estimate of drug-likeness (QED) is 0.533. The molecule has 0 bridgehead atoms. The van der Waals surface area contributed by atoms with Gasteiger partial charge in [0.1, 0.15) is 17.6 Å². The first-order valence-corrected chi connectivity index (χ1v) is 9.23. The van der Waals surface area contributed by atoms with Crippen molar-refractivity contribution < 1.29 is 23.5 Å². The molecule has 0 aliphatic carbocycles. The summed E-state index contributed by atoms with van der Waals surface area (Å²) in [5, 5.41) is 0. The number of hydrogen-bond donors (Lipinski definition) is 0. The topological polar surface area (TPSA) is 66.9 Å². The number of carbonyl (C=O) groups is 3. The van der Waals surface area contributed by atoms with E-state index < -0.39 is 29.6 Å². The summed E-state index contributed by atoms with van der Waals surface area (Å²) in [4.78, 5) is 40.9. The first kappa shape index (κ1) is 20.3. The SMILES string of the molecule is C=CCN(C(=O)c1ccc(F)cc1)C1CC(=O)N(c2ccc(OCC)cc2)C1=O. The van der Waals surface area contributed by atoms with Gasteiger partial charge in [0.25, 0.3) is 11.8 Å². The van der Waals surface area contributed by atoms with Crippen LogP contribution in [0.2, 0.25) is 0 Å². The van der Waals surface area contributed by atoms with Gasteiger partial charge in [0.2, 0.25) is 5.91 Å². The zero-order chi connectivity index (χ0) is 21.0. The van der Waals surface area contributed by atoms with Crippen molar-refractivity contribution in [2.24, 2.45) is 0 Å². The molecular formula is C22H21FN2O4. The molecule has 6 nitrogen and oxygen atoms in total. The minimum atomic E-state index is -0.954. The number of ether oxygens (including phenoxy) is 1. The molecule has 1 atom stereocenters. The van der Waals surface area contributed by atoms with Crippen molar-refractivity contribution in [3.8, 4) is 5.75 Å². The highest BCUT2D eigenvalue weighted by molar-refractivity contribution is 6.23. The van der Waals surface area contributed by atoms with E-state index in [1.165, 1.54) is 35.2 Å². The van der Waals surface area contributed by atoms with Crippen molar-refractivity contribution in [3.05, 3.63) is 72.6 Å². The molecule has 1 fully saturated rings. The molecular weight excluding hydrogens is 375 g/mol. The lowest BCUT2D eigenvalue weighted by Gasteiger charge is -2.26. The highest BCUT2D eigenvalue weighted by atomic mass is 19.1. The normalized spacial score (nSPS) is 16.1. The van der Waals surface area contributed by atoms with E-state index in [2.05, 4.69) is 6.58 Å². The zero-order valence-electron chi connectivity index (χ0n) is 16.0. The summed E-state index contributed by atoms with van der Waals surface area (Å²) in [6, 6.07) is 10.7. The van der Waals surface area contributed by atoms with E-state index in [-0.39, 0.29) is 18.5 Å². The molecule has 0 radical (unpaired) electrons. The predicted octanol–water partition coefficient (Wildman–Crippen LogP) is 3.18. The van der Waals surface area contributed by atoms with Gasteiger partial charge >= 0.3 is 0 Å². The smallest absolute Gasteiger partial charge is 0.257 e. The second-order valence-corrected chi connectivity index (χ2v) is 6.47. The summed E-state index contributed by atoms with van der Waals surface area (Å²) in [7, 11) is 0. The number of imide groups is 1. The van der Waals surface area contributed by atoms with E-state index in [9.17, 15) is 18.8 Å². The molecule has 29 heavy (non-hydrogen) atoms. The Bertz CT molecular complexity index is 925. The van der Waals surface area contributed by atoms with Gasteiger partial charge in [-0.3, -0.25) is 14.4 Å². The van der Waals surface area contributed by atoms with Gasteiger partial charge in [0.05, 0.1) is 18.7 Å². The fourth-order valence-corrected chi connectivity index (χ4v) is 3.24. The third-order valence-electron chi connectivity index (χ3n) is 4.58. The van der Waals surface area contributed by atoms with Gasteiger partial charge in [-0.25, -0.2) is 9.29 Å². The second kappa shape index (κ2) is 8.68. The largest absolute Gasteiger partial charge is 0.494 e. The number of rotatable bonds is 7. The predicted molar refractivity (Wildman–Crippen MR) is 106 cm³/mol. The fraction of sp³-hybridized carbons (Fsp3) is 0.227. The van der Waals surface area contributed by atoms with Crippen LogP contribution < -0.4 is 9.64 Å². The van der Waals surface area contributed by atoms with Crippen molar-refractivity contribution >= 4 is 23.4 Å². The lowest BCUT2D eigenvalue weighted by molar-refractivity contribution is -0.122. The summed E-state index contributed by atoms with van der Waals surface area (Å²) in [5.41, 5.74) is 0.645. The lowest BCUT2D eigenvalue weighted by atomic mass is 10.1. The van der Waals surface area contributed by atoms with Crippen LogP contribution in [0, 0.1) is 5.82 Å². The van der Waals surface area contributed by atoms with Gasteiger partial charge in [-0.2, -0.15) is 0 Å². The number of amides is 3. The summed E-state index contributed by atoms with van der Waals surface area (Å²) in [5.74, 6) is -1.19. The van der Waals surface area contributed by atoms with Gasteiger partial charge in [-0.05, 0) is 55.5 Å². The second-order valence-electron chi connectivity index (χ2n) is 6.47. The van der Waals surface area contributed by atoms with E-state index >= 15 is 0 Å². The lowest BCUT2D eigenvalue weighted by Crippen LogP contribution is -2.45. The third-order valence-corrected chi connectivity index (χ3v) is 4.58. The van der Waals surface area contributed by atoms with Crippen LogP contribution in [0.3, 0.4) is 0 Å². The van der Waals surface area contributed by atoms with Crippen LogP contribution in [0.5, 0.6) is 5.75 Å². The van der Waals surface area contributed by atoms with Crippen LogP contribution in [-0.2, 0) is 9.59 Å². The maximum atomic E-state index is 13.2. The minimum Gasteiger partial charge on any atom is -0.494 e. The van der Waals surface area contributed by atoms with Gasteiger partial charge in [0, 0.05) is 12.1 Å². The molecule has 0 aromatic heterocycles. The molecule has 7 heteroatoms. The van der Waals surface area contributed by atoms with Crippen molar-refractivity contribution in [2.45, 2.75) is 19.4 Å². The van der Waals surface area contributed by atoms with Crippen molar-refractivity contribution in [1.29, 1.82) is 0 Å². The molecule has 1 heterocycles. The molecule has 2 aromatic carbocycles. The fourth-order valence-electron chi connectivity index (χ4n) is 3.24. The average Bonchev–Trinajstić information content (AvgIpc) is 3.01. The molecule has 1 unspecified atom stereocenters. The number of benzene rings is 2. The molecule has 3 rings (SSSR count). The number of anilines is 1. The molecule has 2 aromatic rings. The molecule has 1 saturated heterocycles. The van der Waals surface area contributed by atoms with E-state index in [1.807, 2.05) is 6.92 Å². The number of carbonyl (C=O) groups excluding carboxylic acids is 3.